The second-order valence-corrected chi connectivity index (χ2v) is 6.04. The second-order valence-electron chi connectivity index (χ2n) is 4.58. The van der Waals surface area contributed by atoms with E-state index < -0.39 is 39.6 Å². The van der Waals surface area contributed by atoms with Gasteiger partial charge in [-0.3, -0.25) is 9.35 Å². The molecule has 0 saturated carbocycles. The maximum atomic E-state index is 12.5. The molecule has 0 aliphatic heterocycles. The van der Waals surface area contributed by atoms with Crippen molar-refractivity contribution in [1.82, 2.24) is 5.32 Å². The Morgan fingerprint density at radius 3 is 1.62 bits per heavy atom. The van der Waals surface area contributed by atoms with Gasteiger partial charge in [-0.15, -0.1) is 0 Å². The van der Waals surface area contributed by atoms with Gasteiger partial charge >= 0.3 is 12.4 Å². The Kier molecular flexibility index (Phi) is 7.24. The van der Waals surface area contributed by atoms with Crippen molar-refractivity contribution in [3.05, 3.63) is 34.9 Å². The molecule has 0 aliphatic carbocycles. The van der Waals surface area contributed by atoms with E-state index in [-0.39, 0.29) is 18.0 Å². The third kappa shape index (κ3) is 8.72. The van der Waals surface area contributed by atoms with Crippen molar-refractivity contribution >= 4 is 16.5 Å². The molecule has 12 heteroatoms. The van der Waals surface area contributed by atoms with Crippen LogP contribution in [0.25, 0.3) is 0 Å². The van der Waals surface area contributed by atoms with Gasteiger partial charge in [0.05, 0.1) is 23.4 Å². The van der Waals surface area contributed by atoms with Crippen LogP contribution in [-0.2, 0) is 27.3 Å². The average molecular weight is 381 g/mol. The topological polar surface area (TPSA) is 83.5 Å². The van der Waals surface area contributed by atoms with Gasteiger partial charge in [-0.1, -0.05) is 0 Å². The van der Waals surface area contributed by atoms with E-state index in [2.05, 4.69) is 5.32 Å². The Balaban J connectivity index is 0.000000922. The molecule has 24 heavy (non-hydrogen) atoms. The number of rotatable bonds is 3. The van der Waals surface area contributed by atoms with E-state index in [1.807, 2.05) is 0 Å². The van der Waals surface area contributed by atoms with Gasteiger partial charge in [0.2, 0.25) is 6.41 Å². The van der Waals surface area contributed by atoms with Gasteiger partial charge in [-0.2, -0.15) is 34.8 Å². The molecule has 1 amide bonds. The SMILES string of the molecule is CS(=O)(=O)O.C[C@@H](NC=O)c1cc(C(F)(F)F)cc(C(F)(F)F)c1. The highest BCUT2D eigenvalue weighted by Gasteiger charge is 2.37. The standard InChI is InChI=1S/C11H9F6NO.CH4O3S/c1-6(18-5-19)7-2-8(10(12,13)14)4-9(3-7)11(15,16)17;1-5(2,3)4/h2-6H,1H3,(H,18,19);1H3,(H,2,3,4)/t6-;/m1./s1. The van der Waals surface area contributed by atoms with Crippen LogP contribution in [0.5, 0.6) is 0 Å². The highest BCUT2D eigenvalue weighted by molar-refractivity contribution is 7.85. The van der Waals surface area contributed by atoms with E-state index in [9.17, 15) is 39.6 Å². The van der Waals surface area contributed by atoms with E-state index in [1.54, 1.807) is 0 Å². The largest absolute Gasteiger partial charge is 0.416 e. The minimum atomic E-state index is -4.89. The predicted molar refractivity (Wildman–Crippen MR) is 71.5 cm³/mol. The number of halogens is 6. The number of amides is 1. The summed E-state index contributed by atoms with van der Waals surface area (Å²) in [4.78, 5) is 10.2. The molecule has 0 bridgehead atoms. The van der Waals surface area contributed by atoms with Gasteiger partial charge in [-0.25, -0.2) is 0 Å². The summed E-state index contributed by atoms with van der Waals surface area (Å²) in [5.74, 6) is 0. The number of nitrogens with one attached hydrogen (secondary N) is 1. The van der Waals surface area contributed by atoms with Gasteiger partial charge in [0.1, 0.15) is 0 Å². The van der Waals surface area contributed by atoms with Gasteiger partial charge < -0.3 is 5.32 Å². The number of hydrogen-bond donors (Lipinski definition) is 2. The van der Waals surface area contributed by atoms with Crippen LogP contribution >= 0.6 is 0 Å². The van der Waals surface area contributed by atoms with Crippen molar-refractivity contribution < 1.29 is 44.1 Å². The normalized spacial score (nSPS) is 13.5. The minimum absolute atomic E-state index is 0.0388. The van der Waals surface area contributed by atoms with Crippen molar-refractivity contribution in [2.75, 3.05) is 6.26 Å². The van der Waals surface area contributed by atoms with Gasteiger partial charge in [0.15, 0.2) is 0 Å². The lowest BCUT2D eigenvalue weighted by Crippen LogP contribution is -2.19. The van der Waals surface area contributed by atoms with Gasteiger partial charge in [0, 0.05) is 0 Å². The second kappa shape index (κ2) is 7.83. The number of carbonyl (C=O) groups is 1. The molecule has 0 aliphatic rings. The molecule has 0 radical (unpaired) electrons. The Labute approximate surface area is 133 Å². The maximum Gasteiger partial charge on any atom is 0.416 e. The number of hydrogen-bond acceptors (Lipinski definition) is 3. The molecular weight excluding hydrogens is 368 g/mol. The molecule has 0 saturated heterocycles. The summed E-state index contributed by atoms with van der Waals surface area (Å²) in [6.07, 6.45) is -8.86. The lowest BCUT2D eigenvalue weighted by Gasteiger charge is -2.17. The van der Waals surface area contributed by atoms with Crippen molar-refractivity contribution in [2.45, 2.75) is 25.3 Å². The van der Waals surface area contributed by atoms with E-state index in [4.69, 9.17) is 4.55 Å². The average Bonchev–Trinajstić information content (AvgIpc) is 2.34. The number of alkyl halides is 6. The Morgan fingerprint density at radius 2 is 1.38 bits per heavy atom. The van der Waals surface area contributed by atoms with Crippen LogP contribution in [0.15, 0.2) is 18.2 Å². The van der Waals surface area contributed by atoms with Crippen LogP contribution < -0.4 is 5.32 Å². The third-order valence-corrected chi connectivity index (χ3v) is 2.43. The summed E-state index contributed by atoms with van der Waals surface area (Å²) in [7, 11) is -3.67. The number of carbonyl (C=O) groups excluding carboxylic acids is 1. The molecule has 0 fully saturated rings. The smallest absolute Gasteiger partial charge is 0.352 e. The first-order chi connectivity index (χ1) is 10.6. The fourth-order valence-corrected chi connectivity index (χ4v) is 1.43. The van der Waals surface area contributed by atoms with E-state index in [0.717, 1.165) is 0 Å². The van der Waals surface area contributed by atoms with Crippen LogP contribution in [0.3, 0.4) is 0 Å². The molecular formula is C12H13F6NO4S. The maximum absolute atomic E-state index is 12.5. The molecule has 1 aromatic rings. The molecule has 0 spiro atoms. The van der Waals surface area contributed by atoms with E-state index in [0.29, 0.717) is 18.4 Å². The summed E-state index contributed by atoms with van der Waals surface area (Å²) in [6, 6.07) is 0.241. The van der Waals surface area contributed by atoms with Crippen LogP contribution in [-0.4, -0.2) is 25.6 Å². The lowest BCUT2D eigenvalue weighted by atomic mass is 10.0. The highest BCUT2D eigenvalue weighted by Crippen LogP contribution is 2.37. The number of benzene rings is 1. The van der Waals surface area contributed by atoms with Crippen LogP contribution in [0, 0.1) is 0 Å². The zero-order valence-corrected chi connectivity index (χ0v) is 13.1. The van der Waals surface area contributed by atoms with Crippen LogP contribution in [0.2, 0.25) is 0 Å². The fourth-order valence-electron chi connectivity index (χ4n) is 1.43. The lowest BCUT2D eigenvalue weighted by molar-refractivity contribution is -0.143. The first-order valence-electron chi connectivity index (χ1n) is 5.97. The summed E-state index contributed by atoms with van der Waals surface area (Å²) in [5, 5.41) is 2.10. The quantitative estimate of drug-likeness (QED) is 0.479. The fraction of sp³-hybridized carbons (Fsp3) is 0.417. The molecule has 5 nitrogen and oxygen atoms in total. The Hall–Kier alpha value is -1.82. The zero-order chi connectivity index (χ0) is 19.3. The summed E-state index contributed by atoms with van der Waals surface area (Å²) < 4.78 is 101. The minimum Gasteiger partial charge on any atom is -0.352 e. The summed E-state index contributed by atoms with van der Waals surface area (Å²) >= 11 is 0. The first kappa shape index (κ1) is 22.2. The van der Waals surface area contributed by atoms with Crippen molar-refractivity contribution in [1.29, 1.82) is 0 Å². The van der Waals surface area contributed by atoms with Crippen LogP contribution in [0.4, 0.5) is 26.3 Å². The molecule has 1 rings (SSSR count). The Bertz CT molecular complexity index is 629. The molecule has 2 N–H and O–H groups in total. The Morgan fingerprint density at radius 1 is 1.04 bits per heavy atom. The van der Waals surface area contributed by atoms with Crippen LogP contribution in [0.1, 0.15) is 29.7 Å². The van der Waals surface area contributed by atoms with Gasteiger partial charge in [-0.05, 0) is 30.7 Å². The van der Waals surface area contributed by atoms with Crippen molar-refractivity contribution in [3.63, 3.8) is 0 Å². The molecule has 0 heterocycles. The zero-order valence-electron chi connectivity index (χ0n) is 12.2. The molecule has 1 atom stereocenters. The van der Waals surface area contributed by atoms with Crippen molar-refractivity contribution in [3.8, 4) is 0 Å². The molecule has 0 aromatic heterocycles. The molecule has 138 valence electrons. The first-order valence-corrected chi connectivity index (χ1v) is 7.82. The van der Waals surface area contributed by atoms with E-state index >= 15 is 0 Å². The third-order valence-electron chi connectivity index (χ3n) is 2.43. The summed E-state index contributed by atoms with van der Waals surface area (Å²) in [5.41, 5.74) is -3.08. The highest BCUT2D eigenvalue weighted by atomic mass is 32.2. The predicted octanol–water partition coefficient (Wildman–Crippen LogP) is 3.04. The van der Waals surface area contributed by atoms with Gasteiger partial charge in [0.25, 0.3) is 10.1 Å². The molecule has 0 unspecified atom stereocenters. The molecule has 1 aromatic carbocycles. The van der Waals surface area contributed by atoms with E-state index in [1.165, 1.54) is 6.92 Å². The monoisotopic (exact) mass is 381 g/mol. The van der Waals surface area contributed by atoms with Crippen molar-refractivity contribution in [2.24, 2.45) is 0 Å². The summed E-state index contributed by atoms with van der Waals surface area (Å²) in [6.45, 7) is 1.28.